The highest BCUT2D eigenvalue weighted by Gasteiger charge is 2.71. The third-order valence-electron chi connectivity index (χ3n) is 7.88. The van der Waals surface area contributed by atoms with Gasteiger partial charge in [0, 0.05) is 17.5 Å². The summed E-state index contributed by atoms with van der Waals surface area (Å²) < 4.78 is 12.5. The van der Waals surface area contributed by atoms with E-state index >= 15 is 0 Å². The van der Waals surface area contributed by atoms with Gasteiger partial charge in [-0.05, 0) is 50.9 Å². The van der Waals surface area contributed by atoms with Crippen molar-refractivity contribution in [3.8, 4) is 11.5 Å². The minimum absolute atomic E-state index is 0.135. The number of nitrogens with zero attached hydrogens (tertiary/aromatic N) is 1. The van der Waals surface area contributed by atoms with Gasteiger partial charge in [0.15, 0.2) is 11.5 Å². The van der Waals surface area contributed by atoms with E-state index < -0.39 is 11.7 Å². The second-order valence-corrected chi connectivity index (χ2v) is 8.91. The first-order chi connectivity index (χ1) is 13.1. The van der Waals surface area contributed by atoms with Gasteiger partial charge in [0.25, 0.3) is 0 Å². The Morgan fingerprint density at radius 1 is 1.30 bits per heavy atom. The van der Waals surface area contributed by atoms with Crippen LogP contribution < -0.4 is 9.47 Å². The van der Waals surface area contributed by atoms with Gasteiger partial charge < -0.3 is 19.5 Å². The molecule has 1 saturated heterocycles. The lowest BCUT2D eigenvalue weighted by atomic mass is 9.48. The summed E-state index contributed by atoms with van der Waals surface area (Å²) in [5.74, 6) is 2.11. The highest BCUT2D eigenvalue weighted by atomic mass is 16.5. The zero-order valence-electron chi connectivity index (χ0n) is 16.7. The predicted molar refractivity (Wildman–Crippen MR) is 106 cm³/mol. The van der Waals surface area contributed by atoms with Crippen molar-refractivity contribution in [2.24, 2.45) is 5.92 Å². The quantitative estimate of drug-likeness (QED) is 0.638. The molecule has 1 spiro atoms. The summed E-state index contributed by atoms with van der Waals surface area (Å²) in [5.41, 5.74) is 2.03. The van der Waals surface area contributed by atoms with Crippen LogP contribution >= 0.6 is 0 Å². The van der Waals surface area contributed by atoms with Gasteiger partial charge in [-0.2, -0.15) is 0 Å². The number of aliphatic hydroxyl groups excluding tert-OH is 1. The van der Waals surface area contributed by atoms with Crippen molar-refractivity contribution in [1.82, 2.24) is 4.90 Å². The molecule has 4 nitrogen and oxygen atoms in total. The molecule has 2 heterocycles. The number of hydrogen-bond donors (Lipinski definition) is 1. The smallest absolute Gasteiger partial charge is 0.166 e. The minimum atomic E-state index is -0.572. The van der Waals surface area contributed by atoms with Crippen LogP contribution in [0.2, 0.25) is 0 Å². The van der Waals surface area contributed by atoms with Crippen LogP contribution in [0.3, 0.4) is 0 Å². The Balaban J connectivity index is 1.76. The molecule has 0 amide bonds. The van der Waals surface area contributed by atoms with Crippen molar-refractivity contribution < 1.29 is 14.6 Å². The van der Waals surface area contributed by atoms with E-state index in [2.05, 4.69) is 37.1 Å². The van der Waals surface area contributed by atoms with Gasteiger partial charge in [-0.25, -0.2) is 0 Å². The molecule has 27 heavy (non-hydrogen) atoms. The number of rotatable bonds is 5. The van der Waals surface area contributed by atoms with Gasteiger partial charge in [-0.3, -0.25) is 0 Å². The normalized spacial score (nSPS) is 38.4. The van der Waals surface area contributed by atoms with E-state index in [1.807, 2.05) is 6.08 Å². The molecule has 4 heteroatoms. The van der Waals surface area contributed by atoms with E-state index in [1.54, 1.807) is 7.11 Å². The lowest BCUT2D eigenvalue weighted by Gasteiger charge is -2.61. The molecule has 2 aliphatic heterocycles. The first-order valence-electron chi connectivity index (χ1n) is 10.5. The minimum Gasteiger partial charge on any atom is -0.493 e. The predicted octanol–water partition coefficient (Wildman–Crippen LogP) is 3.45. The molecule has 1 aromatic rings. The molecule has 5 atom stereocenters. The SMILES string of the molecule is CCCCC[C@@]12Oc3c(OC)ccc4c3[C@@]13CCN(C)[C@H](C4)[C@@H]3C=C[C@@H]2O. The van der Waals surface area contributed by atoms with E-state index in [0.717, 1.165) is 43.7 Å². The van der Waals surface area contributed by atoms with E-state index in [-0.39, 0.29) is 5.41 Å². The lowest BCUT2D eigenvalue weighted by molar-refractivity contribution is -0.126. The molecule has 146 valence electrons. The number of likely N-dealkylation sites (N-methyl/N-ethyl adjacent to an activating group) is 1. The Morgan fingerprint density at radius 3 is 2.93 bits per heavy atom. The second kappa shape index (κ2) is 5.99. The number of aliphatic hydroxyl groups is 1. The maximum absolute atomic E-state index is 11.3. The van der Waals surface area contributed by atoms with Gasteiger partial charge in [0.1, 0.15) is 11.7 Å². The van der Waals surface area contributed by atoms with Crippen LogP contribution in [-0.4, -0.2) is 48.5 Å². The summed E-state index contributed by atoms with van der Waals surface area (Å²) >= 11 is 0. The zero-order chi connectivity index (χ0) is 18.8. The Hall–Kier alpha value is -1.52. The molecule has 2 bridgehead atoms. The van der Waals surface area contributed by atoms with Gasteiger partial charge in [-0.15, -0.1) is 0 Å². The number of methoxy groups -OCH3 is 1. The van der Waals surface area contributed by atoms with E-state index in [4.69, 9.17) is 9.47 Å². The molecular formula is C23H31NO3. The van der Waals surface area contributed by atoms with Crippen LogP contribution in [0, 0.1) is 5.92 Å². The summed E-state index contributed by atoms with van der Waals surface area (Å²) in [6, 6.07) is 4.76. The molecular weight excluding hydrogens is 338 g/mol. The Bertz CT molecular complexity index is 790. The van der Waals surface area contributed by atoms with Crippen LogP contribution in [0.25, 0.3) is 0 Å². The van der Waals surface area contributed by atoms with Crippen LogP contribution in [0.5, 0.6) is 11.5 Å². The summed E-state index contributed by atoms with van der Waals surface area (Å²) in [6.07, 6.45) is 10.2. The van der Waals surface area contributed by atoms with Crippen molar-refractivity contribution in [3.05, 3.63) is 35.4 Å². The molecule has 0 saturated carbocycles. The Morgan fingerprint density at radius 2 is 2.15 bits per heavy atom. The maximum atomic E-state index is 11.3. The van der Waals surface area contributed by atoms with Crippen molar-refractivity contribution in [3.63, 3.8) is 0 Å². The van der Waals surface area contributed by atoms with Gasteiger partial charge in [0.05, 0.1) is 12.5 Å². The maximum Gasteiger partial charge on any atom is 0.166 e. The molecule has 5 rings (SSSR count). The molecule has 2 aliphatic carbocycles. The molecule has 0 radical (unpaired) electrons. The fourth-order valence-corrected chi connectivity index (χ4v) is 6.65. The standard InChI is InChI=1S/C23H31NO3/c1-4-5-6-11-23-19(25)10-8-16-17-14-15-7-9-18(26-3)21(27-23)20(15)22(16,23)12-13-24(17)2/h7-10,16-17,19,25H,4-6,11-14H2,1-3H3/t16-,17+,19-,22-,23-/m0/s1. The monoisotopic (exact) mass is 369 g/mol. The summed E-state index contributed by atoms with van der Waals surface area (Å²) in [7, 11) is 3.97. The van der Waals surface area contributed by atoms with Crippen LogP contribution in [0.15, 0.2) is 24.3 Å². The van der Waals surface area contributed by atoms with E-state index in [1.165, 1.54) is 24.0 Å². The molecule has 0 unspecified atom stereocenters. The molecule has 1 fully saturated rings. The average Bonchev–Trinajstić information content (AvgIpc) is 2.97. The Kier molecular flexibility index (Phi) is 3.90. The number of unbranched alkanes of at least 4 members (excludes halogenated alkanes) is 2. The molecule has 1 N–H and O–H groups in total. The highest BCUT2D eigenvalue weighted by molar-refractivity contribution is 5.64. The van der Waals surface area contributed by atoms with Crippen molar-refractivity contribution in [2.45, 2.75) is 68.6 Å². The van der Waals surface area contributed by atoms with Crippen LogP contribution in [0.4, 0.5) is 0 Å². The second-order valence-electron chi connectivity index (χ2n) is 8.91. The van der Waals surface area contributed by atoms with E-state index in [0.29, 0.717) is 12.0 Å². The number of piperidine rings is 1. The largest absolute Gasteiger partial charge is 0.493 e. The van der Waals surface area contributed by atoms with Gasteiger partial charge in [0.2, 0.25) is 0 Å². The Labute approximate surface area is 162 Å². The number of likely N-dealkylation sites (tertiary alicyclic amines) is 1. The zero-order valence-corrected chi connectivity index (χ0v) is 16.7. The fourth-order valence-electron chi connectivity index (χ4n) is 6.65. The van der Waals surface area contributed by atoms with Crippen molar-refractivity contribution in [1.29, 1.82) is 0 Å². The third kappa shape index (κ3) is 2.01. The average molecular weight is 370 g/mol. The first-order valence-corrected chi connectivity index (χ1v) is 10.5. The van der Waals surface area contributed by atoms with Crippen LogP contribution in [0.1, 0.15) is 50.2 Å². The van der Waals surface area contributed by atoms with Crippen molar-refractivity contribution >= 4 is 0 Å². The third-order valence-corrected chi connectivity index (χ3v) is 7.88. The fraction of sp³-hybridized carbons (Fsp3) is 0.652. The lowest BCUT2D eigenvalue weighted by Crippen LogP contribution is -2.71. The number of benzene rings is 1. The first kappa shape index (κ1) is 17.6. The van der Waals surface area contributed by atoms with Gasteiger partial charge >= 0.3 is 0 Å². The summed E-state index contributed by atoms with van der Waals surface area (Å²) in [4.78, 5) is 2.51. The van der Waals surface area contributed by atoms with Crippen LogP contribution in [-0.2, 0) is 11.8 Å². The summed E-state index contributed by atoms with van der Waals surface area (Å²) in [5, 5.41) is 11.3. The molecule has 0 aromatic heterocycles. The molecule has 1 aromatic carbocycles. The topological polar surface area (TPSA) is 41.9 Å². The van der Waals surface area contributed by atoms with E-state index in [9.17, 15) is 5.11 Å². The highest BCUT2D eigenvalue weighted by Crippen LogP contribution is 2.67. The van der Waals surface area contributed by atoms with Crippen molar-refractivity contribution in [2.75, 3.05) is 20.7 Å². The number of hydrogen-bond acceptors (Lipinski definition) is 4. The number of ether oxygens (including phenoxy) is 2. The summed E-state index contributed by atoms with van der Waals surface area (Å²) in [6.45, 7) is 3.28. The van der Waals surface area contributed by atoms with Gasteiger partial charge in [-0.1, -0.05) is 38.0 Å². The molecule has 4 aliphatic rings.